The Bertz CT molecular complexity index is 812. The van der Waals surface area contributed by atoms with Crippen LogP contribution in [0.5, 0.6) is 0 Å². The van der Waals surface area contributed by atoms with Gasteiger partial charge in [-0.05, 0) is 49.6 Å². The summed E-state index contributed by atoms with van der Waals surface area (Å²) < 4.78 is 0. The van der Waals surface area contributed by atoms with Crippen molar-refractivity contribution < 1.29 is 9.59 Å². The maximum Gasteiger partial charge on any atom is 0.247 e. The van der Waals surface area contributed by atoms with Crippen LogP contribution in [-0.2, 0) is 16.1 Å². The van der Waals surface area contributed by atoms with Gasteiger partial charge in [0.25, 0.3) is 0 Å². The summed E-state index contributed by atoms with van der Waals surface area (Å²) in [5.74, 6) is -0.332. The summed E-state index contributed by atoms with van der Waals surface area (Å²) in [6.45, 7) is 6.52. The molecule has 3 N–H and O–H groups in total. The number of carbonyl (C=O) groups is 2. The molecule has 0 unspecified atom stereocenters. The molecule has 0 saturated heterocycles. The number of fused-ring (bicyclic) bond motifs is 1. The number of carbonyl (C=O) groups excluding carboxylic acids is 2. The molecule has 0 fully saturated rings. The number of amides is 2. The Morgan fingerprint density at radius 1 is 1.04 bits per heavy atom. The quantitative estimate of drug-likeness (QED) is 0.803. The standard InChI is InChI=1S/C20H23N3O2/c1-12-4-6-15(7-5-12)11-21-19(24)10-18-20(25)23-17-9-14(3)13(2)8-16(17)22-18/h4-9,18,22H,10-11H2,1-3H3,(H,21,24)(H,23,25)/t18-/m0/s1. The first-order chi connectivity index (χ1) is 11.9. The topological polar surface area (TPSA) is 70.2 Å². The van der Waals surface area contributed by atoms with Crippen LogP contribution in [0.4, 0.5) is 11.4 Å². The Morgan fingerprint density at radius 2 is 1.68 bits per heavy atom. The van der Waals surface area contributed by atoms with Gasteiger partial charge in [-0.2, -0.15) is 0 Å². The smallest absolute Gasteiger partial charge is 0.247 e. The molecule has 1 heterocycles. The van der Waals surface area contributed by atoms with Crippen LogP contribution in [-0.4, -0.2) is 17.9 Å². The number of aryl methyl sites for hydroxylation is 3. The van der Waals surface area contributed by atoms with E-state index in [1.807, 2.05) is 57.2 Å². The van der Waals surface area contributed by atoms with E-state index < -0.39 is 6.04 Å². The molecule has 5 nitrogen and oxygen atoms in total. The normalized spacial score (nSPS) is 15.8. The van der Waals surface area contributed by atoms with Gasteiger partial charge in [-0.1, -0.05) is 29.8 Å². The SMILES string of the molecule is Cc1ccc(CNC(=O)C[C@@H]2Nc3cc(C)c(C)cc3NC2=O)cc1. The lowest BCUT2D eigenvalue weighted by atomic mass is 10.0. The highest BCUT2D eigenvalue weighted by Gasteiger charge is 2.27. The largest absolute Gasteiger partial charge is 0.372 e. The minimum atomic E-state index is -0.562. The fourth-order valence-electron chi connectivity index (χ4n) is 2.82. The predicted octanol–water partition coefficient (Wildman–Crippen LogP) is 3.05. The number of rotatable bonds is 4. The van der Waals surface area contributed by atoms with Crippen molar-refractivity contribution in [1.29, 1.82) is 0 Å². The van der Waals surface area contributed by atoms with Crippen LogP contribution < -0.4 is 16.0 Å². The number of benzene rings is 2. The molecule has 0 spiro atoms. The van der Waals surface area contributed by atoms with E-state index in [0.29, 0.717) is 6.54 Å². The van der Waals surface area contributed by atoms with Crippen molar-refractivity contribution in [3.63, 3.8) is 0 Å². The molecule has 0 aliphatic carbocycles. The fraction of sp³-hybridized carbons (Fsp3) is 0.300. The van der Waals surface area contributed by atoms with E-state index in [1.165, 1.54) is 5.56 Å². The zero-order valence-corrected chi connectivity index (χ0v) is 14.8. The molecule has 130 valence electrons. The summed E-state index contributed by atoms with van der Waals surface area (Å²) in [5, 5.41) is 8.93. The second-order valence-corrected chi connectivity index (χ2v) is 6.63. The summed E-state index contributed by atoms with van der Waals surface area (Å²) in [7, 11) is 0. The zero-order valence-electron chi connectivity index (χ0n) is 14.8. The van der Waals surface area contributed by atoms with E-state index in [4.69, 9.17) is 0 Å². The Morgan fingerprint density at radius 3 is 2.36 bits per heavy atom. The number of anilines is 2. The van der Waals surface area contributed by atoms with Crippen molar-refractivity contribution in [3.8, 4) is 0 Å². The van der Waals surface area contributed by atoms with Gasteiger partial charge in [-0.15, -0.1) is 0 Å². The minimum absolute atomic E-state index is 0.101. The van der Waals surface area contributed by atoms with Gasteiger partial charge in [0, 0.05) is 6.54 Å². The maximum atomic E-state index is 12.2. The summed E-state index contributed by atoms with van der Waals surface area (Å²) in [5.41, 5.74) is 6.11. The van der Waals surface area contributed by atoms with E-state index in [-0.39, 0.29) is 18.2 Å². The van der Waals surface area contributed by atoms with Gasteiger partial charge in [0.1, 0.15) is 6.04 Å². The van der Waals surface area contributed by atoms with Gasteiger partial charge in [-0.3, -0.25) is 9.59 Å². The summed E-state index contributed by atoms with van der Waals surface area (Å²) in [6, 6.07) is 11.4. The van der Waals surface area contributed by atoms with Crippen LogP contribution in [0.15, 0.2) is 36.4 Å². The van der Waals surface area contributed by atoms with Gasteiger partial charge in [0.2, 0.25) is 11.8 Å². The second-order valence-electron chi connectivity index (χ2n) is 6.63. The first-order valence-corrected chi connectivity index (χ1v) is 8.43. The highest BCUT2D eigenvalue weighted by molar-refractivity contribution is 6.05. The molecular formula is C20H23N3O2. The third-order valence-corrected chi connectivity index (χ3v) is 4.54. The monoisotopic (exact) mass is 337 g/mol. The molecule has 25 heavy (non-hydrogen) atoms. The molecule has 1 aliphatic rings. The van der Waals surface area contributed by atoms with Crippen LogP contribution in [0, 0.1) is 20.8 Å². The fourth-order valence-corrected chi connectivity index (χ4v) is 2.82. The Kier molecular flexibility index (Phi) is 4.74. The van der Waals surface area contributed by atoms with Gasteiger partial charge in [-0.25, -0.2) is 0 Å². The predicted molar refractivity (Wildman–Crippen MR) is 99.6 cm³/mol. The highest BCUT2D eigenvalue weighted by atomic mass is 16.2. The molecule has 1 aliphatic heterocycles. The van der Waals surface area contributed by atoms with E-state index in [0.717, 1.165) is 28.1 Å². The van der Waals surface area contributed by atoms with Crippen molar-refractivity contribution >= 4 is 23.2 Å². The zero-order chi connectivity index (χ0) is 18.0. The van der Waals surface area contributed by atoms with Crippen molar-refractivity contribution in [2.75, 3.05) is 10.6 Å². The first-order valence-electron chi connectivity index (χ1n) is 8.43. The molecule has 1 atom stereocenters. The van der Waals surface area contributed by atoms with Crippen molar-refractivity contribution in [3.05, 3.63) is 58.7 Å². The highest BCUT2D eigenvalue weighted by Crippen LogP contribution is 2.30. The molecule has 0 radical (unpaired) electrons. The molecule has 3 rings (SSSR count). The Balaban J connectivity index is 1.60. The molecule has 2 amide bonds. The van der Waals surface area contributed by atoms with Crippen molar-refractivity contribution in [1.82, 2.24) is 5.32 Å². The van der Waals surface area contributed by atoms with E-state index in [2.05, 4.69) is 16.0 Å². The first kappa shape index (κ1) is 17.0. The molecule has 0 bridgehead atoms. The number of nitrogens with one attached hydrogen (secondary N) is 3. The van der Waals surface area contributed by atoms with Gasteiger partial charge >= 0.3 is 0 Å². The average molecular weight is 337 g/mol. The van der Waals surface area contributed by atoms with E-state index >= 15 is 0 Å². The number of hydrogen-bond acceptors (Lipinski definition) is 3. The summed E-state index contributed by atoms with van der Waals surface area (Å²) in [4.78, 5) is 24.4. The van der Waals surface area contributed by atoms with Crippen LogP contribution in [0.1, 0.15) is 28.7 Å². The maximum absolute atomic E-state index is 12.2. The summed E-state index contributed by atoms with van der Waals surface area (Å²) in [6.07, 6.45) is 0.101. The lowest BCUT2D eigenvalue weighted by molar-refractivity contribution is -0.125. The van der Waals surface area contributed by atoms with Crippen LogP contribution in [0.25, 0.3) is 0 Å². The molecular weight excluding hydrogens is 314 g/mol. The van der Waals surface area contributed by atoms with Crippen molar-refractivity contribution in [2.24, 2.45) is 0 Å². The minimum Gasteiger partial charge on any atom is -0.372 e. The Labute approximate surface area is 147 Å². The Hall–Kier alpha value is -2.82. The van der Waals surface area contributed by atoms with Crippen LogP contribution >= 0.6 is 0 Å². The van der Waals surface area contributed by atoms with E-state index in [9.17, 15) is 9.59 Å². The van der Waals surface area contributed by atoms with Crippen LogP contribution in [0.2, 0.25) is 0 Å². The van der Waals surface area contributed by atoms with Gasteiger partial charge in [0.15, 0.2) is 0 Å². The van der Waals surface area contributed by atoms with Gasteiger partial charge in [0.05, 0.1) is 17.8 Å². The number of hydrogen-bond donors (Lipinski definition) is 3. The molecule has 0 saturated carbocycles. The molecule has 2 aromatic rings. The lowest BCUT2D eigenvalue weighted by Gasteiger charge is -2.27. The second kappa shape index (κ2) is 6.97. The molecule has 2 aromatic carbocycles. The molecule has 5 heteroatoms. The third kappa shape index (κ3) is 3.99. The summed E-state index contributed by atoms with van der Waals surface area (Å²) >= 11 is 0. The van der Waals surface area contributed by atoms with Crippen molar-refractivity contribution in [2.45, 2.75) is 39.8 Å². The third-order valence-electron chi connectivity index (χ3n) is 4.54. The lowest BCUT2D eigenvalue weighted by Crippen LogP contribution is -2.42. The van der Waals surface area contributed by atoms with Gasteiger partial charge < -0.3 is 16.0 Å². The average Bonchev–Trinajstić information content (AvgIpc) is 2.57. The van der Waals surface area contributed by atoms with Crippen LogP contribution in [0.3, 0.4) is 0 Å². The molecule has 0 aromatic heterocycles. The van der Waals surface area contributed by atoms with E-state index in [1.54, 1.807) is 0 Å².